The molecule has 2 aromatic carbocycles. The second-order valence-corrected chi connectivity index (χ2v) is 5.81. The van der Waals surface area contributed by atoms with E-state index in [0.29, 0.717) is 18.7 Å². The minimum atomic E-state index is -0.200. The average molecular weight is 332 g/mol. The van der Waals surface area contributed by atoms with Crippen molar-refractivity contribution in [3.05, 3.63) is 88.2 Å². The Labute approximate surface area is 146 Å². The largest absolute Gasteiger partial charge is 0.335 e. The standard InChI is InChI=1S/C21H20N2O2/c1-2-23(15-16-8-4-3-5-9-16)20(24)13-12-18-14-17-10-6-7-11-19(17)22-21(18)25/h3-14H,2,15H2,1H3,(H,22,25)/b13-12+. The highest BCUT2D eigenvalue weighted by molar-refractivity contribution is 5.92. The lowest BCUT2D eigenvalue weighted by molar-refractivity contribution is -0.126. The number of carbonyl (C=O) groups is 1. The van der Waals surface area contributed by atoms with Gasteiger partial charge in [0.05, 0.1) is 0 Å². The Bertz CT molecular complexity index is 958. The van der Waals surface area contributed by atoms with Crippen LogP contribution in [0.15, 0.2) is 71.5 Å². The number of fused-ring (bicyclic) bond motifs is 1. The molecule has 1 aromatic heterocycles. The minimum Gasteiger partial charge on any atom is -0.335 e. The zero-order valence-corrected chi connectivity index (χ0v) is 14.1. The van der Waals surface area contributed by atoms with Crippen LogP contribution in [0.1, 0.15) is 18.1 Å². The Balaban J connectivity index is 1.79. The Morgan fingerprint density at radius 1 is 1.08 bits per heavy atom. The first-order valence-electron chi connectivity index (χ1n) is 8.30. The summed E-state index contributed by atoms with van der Waals surface area (Å²) < 4.78 is 0. The predicted octanol–water partition coefficient (Wildman–Crippen LogP) is 3.59. The number of rotatable bonds is 5. The van der Waals surface area contributed by atoms with E-state index in [1.807, 2.05) is 61.5 Å². The lowest BCUT2D eigenvalue weighted by Crippen LogP contribution is -2.28. The van der Waals surface area contributed by atoms with E-state index >= 15 is 0 Å². The van der Waals surface area contributed by atoms with Crippen molar-refractivity contribution in [2.24, 2.45) is 0 Å². The molecule has 1 heterocycles. The molecule has 1 amide bonds. The molecule has 3 aromatic rings. The summed E-state index contributed by atoms with van der Waals surface area (Å²) in [6.07, 6.45) is 3.05. The SMILES string of the molecule is CCN(Cc1ccccc1)C(=O)/C=C/c1cc2ccccc2[nH]c1=O. The summed E-state index contributed by atoms with van der Waals surface area (Å²) in [6, 6.07) is 19.2. The lowest BCUT2D eigenvalue weighted by Gasteiger charge is -2.19. The van der Waals surface area contributed by atoms with Crippen molar-refractivity contribution in [2.75, 3.05) is 6.54 Å². The third-order valence-electron chi connectivity index (χ3n) is 4.10. The van der Waals surface area contributed by atoms with E-state index in [1.165, 1.54) is 6.08 Å². The van der Waals surface area contributed by atoms with Gasteiger partial charge >= 0.3 is 0 Å². The maximum Gasteiger partial charge on any atom is 0.255 e. The fraction of sp³-hybridized carbons (Fsp3) is 0.143. The Kier molecular flexibility index (Phi) is 5.09. The molecule has 0 saturated carbocycles. The topological polar surface area (TPSA) is 53.2 Å². The number of hydrogen-bond donors (Lipinski definition) is 1. The van der Waals surface area contributed by atoms with Gasteiger partial charge in [0, 0.05) is 30.2 Å². The van der Waals surface area contributed by atoms with Gasteiger partial charge < -0.3 is 9.88 Å². The highest BCUT2D eigenvalue weighted by Gasteiger charge is 2.09. The molecule has 0 radical (unpaired) electrons. The number of hydrogen-bond acceptors (Lipinski definition) is 2. The minimum absolute atomic E-state index is 0.112. The molecule has 0 atom stereocenters. The zero-order chi connectivity index (χ0) is 17.6. The van der Waals surface area contributed by atoms with E-state index in [-0.39, 0.29) is 11.5 Å². The summed E-state index contributed by atoms with van der Waals surface area (Å²) in [7, 11) is 0. The van der Waals surface area contributed by atoms with E-state index in [9.17, 15) is 9.59 Å². The van der Waals surface area contributed by atoms with Crippen LogP contribution in [-0.4, -0.2) is 22.3 Å². The molecular weight excluding hydrogens is 312 g/mol. The molecule has 1 N–H and O–H groups in total. The molecule has 3 rings (SSSR count). The number of nitrogens with zero attached hydrogens (tertiary/aromatic N) is 1. The van der Waals surface area contributed by atoms with Crippen LogP contribution < -0.4 is 5.56 Å². The first-order chi connectivity index (χ1) is 12.2. The number of benzene rings is 2. The van der Waals surface area contributed by atoms with Crippen molar-refractivity contribution >= 4 is 22.9 Å². The van der Waals surface area contributed by atoms with Gasteiger partial charge in [0.1, 0.15) is 0 Å². The molecule has 0 aliphatic heterocycles. The van der Waals surface area contributed by atoms with Crippen molar-refractivity contribution in [3.63, 3.8) is 0 Å². The van der Waals surface area contributed by atoms with Gasteiger partial charge in [-0.25, -0.2) is 0 Å². The second kappa shape index (κ2) is 7.62. The summed E-state index contributed by atoms with van der Waals surface area (Å²) in [5.74, 6) is -0.112. The smallest absolute Gasteiger partial charge is 0.255 e. The molecule has 0 aliphatic rings. The molecule has 4 heteroatoms. The van der Waals surface area contributed by atoms with Crippen LogP contribution in [0.3, 0.4) is 0 Å². The van der Waals surface area contributed by atoms with Crippen LogP contribution in [0, 0.1) is 0 Å². The Morgan fingerprint density at radius 2 is 1.80 bits per heavy atom. The number of carbonyl (C=O) groups excluding carboxylic acids is 1. The highest BCUT2D eigenvalue weighted by atomic mass is 16.2. The fourth-order valence-electron chi connectivity index (χ4n) is 2.70. The van der Waals surface area contributed by atoms with Gasteiger partial charge in [0.15, 0.2) is 0 Å². The van der Waals surface area contributed by atoms with Crippen LogP contribution in [0.25, 0.3) is 17.0 Å². The molecule has 4 nitrogen and oxygen atoms in total. The third-order valence-corrected chi connectivity index (χ3v) is 4.10. The Morgan fingerprint density at radius 3 is 2.56 bits per heavy atom. The van der Waals surface area contributed by atoms with Crippen LogP contribution in [-0.2, 0) is 11.3 Å². The maximum absolute atomic E-state index is 12.5. The van der Waals surface area contributed by atoms with Crippen molar-refractivity contribution in [1.82, 2.24) is 9.88 Å². The number of pyridine rings is 1. The lowest BCUT2D eigenvalue weighted by atomic mass is 10.1. The number of para-hydroxylation sites is 1. The summed E-state index contributed by atoms with van der Waals surface area (Å²) in [4.78, 5) is 29.2. The Hall–Kier alpha value is -3.14. The number of aromatic amines is 1. The quantitative estimate of drug-likeness (QED) is 0.726. The van der Waals surface area contributed by atoms with Crippen LogP contribution in [0.2, 0.25) is 0 Å². The second-order valence-electron chi connectivity index (χ2n) is 5.81. The van der Waals surface area contributed by atoms with Gasteiger partial charge in [-0.15, -0.1) is 0 Å². The summed E-state index contributed by atoms with van der Waals surface area (Å²) in [5, 5.41) is 0.936. The van der Waals surface area contributed by atoms with Crippen molar-refractivity contribution in [1.29, 1.82) is 0 Å². The van der Waals surface area contributed by atoms with Gasteiger partial charge in [0.25, 0.3) is 5.56 Å². The van der Waals surface area contributed by atoms with Crippen LogP contribution in [0.4, 0.5) is 0 Å². The van der Waals surface area contributed by atoms with Crippen molar-refractivity contribution in [2.45, 2.75) is 13.5 Å². The monoisotopic (exact) mass is 332 g/mol. The summed E-state index contributed by atoms with van der Waals surface area (Å²) >= 11 is 0. The maximum atomic E-state index is 12.5. The van der Waals surface area contributed by atoms with Crippen molar-refractivity contribution < 1.29 is 4.79 Å². The van der Waals surface area contributed by atoms with E-state index in [0.717, 1.165) is 16.5 Å². The fourth-order valence-corrected chi connectivity index (χ4v) is 2.70. The van der Waals surface area contributed by atoms with Crippen LogP contribution >= 0.6 is 0 Å². The summed E-state index contributed by atoms with van der Waals surface area (Å²) in [5.41, 5.74) is 2.14. The molecule has 0 saturated heterocycles. The first-order valence-corrected chi connectivity index (χ1v) is 8.30. The van der Waals surface area contributed by atoms with Crippen molar-refractivity contribution in [3.8, 4) is 0 Å². The van der Waals surface area contributed by atoms with Gasteiger partial charge in [-0.1, -0.05) is 48.5 Å². The predicted molar refractivity (Wildman–Crippen MR) is 101 cm³/mol. The average Bonchev–Trinajstić information content (AvgIpc) is 2.65. The molecular formula is C21H20N2O2. The first kappa shape index (κ1) is 16.7. The normalized spacial score (nSPS) is 11.1. The molecule has 25 heavy (non-hydrogen) atoms. The number of amides is 1. The number of H-pyrrole nitrogens is 1. The van der Waals surface area contributed by atoms with E-state index < -0.39 is 0 Å². The zero-order valence-electron chi connectivity index (χ0n) is 14.1. The third kappa shape index (κ3) is 4.04. The van der Waals surface area contributed by atoms with E-state index in [2.05, 4.69) is 4.98 Å². The van der Waals surface area contributed by atoms with Gasteiger partial charge in [-0.3, -0.25) is 9.59 Å². The van der Waals surface area contributed by atoms with E-state index in [4.69, 9.17) is 0 Å². The molecule has 0 unspecified atom stereocenters. The molecule has 0 fully saturated rings. The van der Waals surface area contributed by atoms with Gasteiger partial charge in [-0.2, -0.15) is 0 Å². The molecule has 0 spiro atoms. The van der Waals surface area contributed by atoms with Gasteiger partial charge in [-0.05, 0) is 36.1 Å². The van der Waals surface area contributed by atoms with E-state index in [1.54, 1.807) is 17.0 Å². The summed E-state index contributed by atoms with van der Waals surface area (Å²) in [6.45, 7) is 3.10. The number of likely N-dealkylation sites (N-methyl/N-ethyl adjacent to an activating group) is 1. The van der Waals surface area contributed by atoms with Crippen LogP contribution in [0.5, 0.6) is 0 Å². The number of nitrogens with one attached hydrogen (secondary N) is 1. The van der Waals surface area contributed by atoms with Gasteiger partial charge in [0.2, 0.25) is 5.91 Å². The molecule has 0 aliphatic carbocycles. The molecule has 0 bridgehead atoms. The number of aromatic nitrogens is 1. The molecule has 126 valence electrons. The highest BCUT2D eigenvalue weighted by Crippen LogP contribution is 2.11.